The van der Waals surface area contributed by atoms with Crippen molar-refractivity contribution >= 4 is 21.4 Å². The van der Waals surface area contributed by atoms with Crippen molar-refractivity contribution in [3.8, 4) is 0 Å². The minimum Gasteiger partial charge on any atom is -0.326 e. The van der Waals surface area contributed by atoms with Crippen LogP contribution in [0.4, 0.5) is 5.69 Å². The van der Waals surface area contributed by atoms with Crippen LogP contribution in [0.1, 0.15) is 32.6 Å². The van der Waals surface area contributed by atoms with Crippen molar-refractivity contribution < 1.29 is 13.2 Å². The van der Waals surface area contributed by atoms with Crippen LogP contribution in [0.3, 0.4) is 0 Å². The molecule has 0 bridgehead atoms. The second kappa shape index (κ2) is 5.54. The minimum atomic E-state index is -3.20. The molecule has 1 aromatic carbocycles. The zero-order chi connectivity index (χ0) is 14.8. The summed E-state index contributed by atoms with van der Waals surface area (Å²) >= 11 is 0. The van der Waals surface area contributed by atoms with E-state index in [0.717, 1.165) is 19.3 Å². The molecule has 0 spiro atoms. The molecule has 1 fully saturated rings. The van der Waals surface area contributed by atoms with Gasteiger partial charge in [-0.25, -0.2) is 8.42 Å². The molecule has 1 saturated carbocycles. The molecule has 1 amide bonds. The van der Waals surface area contributed by atoms with E-state index in [0.29, 0.717) is 12.1 Å². The maximum atomic E-state index is 11.8. The highest BCUT2D eigenvalue weighted by atomic mass is 32.2. The van der Waals surface area contributed by atoms with Gasteiger partial charge in [0.05, 0.1) is 10.6 Å². The molecule has 0 unspecified atom stereocenters. The first kappa shape index (κ1) is 15.0. The van der Waals surface area contributed by atoms with Crippen LogP contribution >= 0.6 is 0 Å². The summed E-state index contributed by atoms with van der Waals surface area (Å²) in [6.45, 7) is 1.60. The van der Waals surface area contributed by atoms with Crippen molar-refractivity contribution in [2.45, 2.75) is 43.0 Å². The lowest BCUT2D eigenvalue weighted by Gasteiger charge is -2.37. The molecule has 0 aliphatic heterocycles. The summed E-state index contributed by atoms with van der Waals surface area (Å²) in [5.41, 5.74) is 6.26. The first-order valence-corrected chi connectivity index (χ1v) is 8.41. The quantitative estimate of drug-likeness (QED) is 0.865. The lowest BCUT2D eigenvalue weighted by molar-refractivity contribution is -0.118. The highest BCUT2D eigenvalue weighted by Crippen LogP contribution is 2.32. The Bertz CT molecular complexity index is 589. The topological polar surface area (TPSA) is 89.3 Å². The van der Waals surface area contributed by atoms with E-state index in [2.05, 4.69) is 5.32 Å². The smallest absolute Gasteiger partial charge is 0.226 e. The van der Waals surface area contributed by atoms with Crippen LogP contribution in [0.15, 0.2) is 29.2 Å². The molecule has 0 heterocycles. The van der Waals surface area contributed by atoms with Gasteiger partial charge in [-0.3, -0.25) is 4.79 Å². The van der Waals surface area contributed by atoms with Gasteiger partial charge in [-0.1, -0.05) is 6.92 Å². The van der Waals surface area contributed by atoms with Gasteiger partial charge in [0, 0.05) is 17.6 Å². The molecule has 3 N–H and O–H groups in total. The third-order valence-corrected chi connectivity index (χ3v) is 5.49. The summed E-state index contributed by atoms with van der Waals surface area (Å²) in [5.74, 6) is -0.0627. The number of carbonyl (C=O) groups is 1. The number of sulfone groups is 1. The van der Waals surface area contributed by atoms with Gasteiger partial charge in [-0.2, -0.15) is 0 Å². The van der Waals surface area contributed by atoms with E-state index in [1.165, 1.54) is 12.1 Å². The molecule has 5 nitrogen and oxygen atoms in total. The number of carbonyl (C=O) groups excluding carboxylic acids is 1. The Balaban J connectivity index is 1.98. The molecular weight excluding hydrogens is 276 g/mol. The molecule has 1 aliphatic carbocycles. The predicted molar refractivity (Wildman–Crippen MR) is 78.2 cm³/mol. The van der Waals surface area contributed by atoms with Crippen molar-refractivity contribution in [1.82, 2.24) is 0 Å². The number of hydrogen-bond acceptors (Lipinski definition) is 4. The molecule has 0 radical (unpaired) electrons. The van der Waals surface area contributed by atoms with E-state index < -0.39 is 9.84 Å². The van der Waals surface area contributed by atoms with Crippen LogP contribution in [-0.2, 0) is 14.6 Å². The van der Waals surface area contributed by atoms with Gasteiger partial charge in [0.2, 0.25) is 5.91 Å². The number of benzene rings is 1. The van der Waals surface area contributed by atoms with Crippen molar-refractivity contribution in [3.05, 3.63) is 24.3 Å². The SMILES string of the molecule is CCS(=O)(=O)c1ccc(NC(=O)CC2(N)CCC2)cc1. The van der Waals surface area contributed by atoms with Crippen LogP contribution < -0.4 is 11.1 Å². The summed E-state index contributed by atoms with van der Waals surface area (Å²) in [5, 5.41) is 2.75. The molecule has 2 rings (SSSR count). The Kier molecular flexibility index (Phi) is 4.15. The maximum Gasteiger partial charge on any atom is 0.226 e. The average Bonchev–Trinajstić information content (AvgIpc) is 2.37. The highest BCUT2D eigenvalue weighted by molar-refractivity contribution is 7.91. The summed E-state index contributed by atoms with van der Waals surface area (Å²) in [6, 6.07) is 6.22. The Hall–Kier alpha value is -1.40. The summed E-state index contributed by atoms with van der Waals surface area (Å²) in [6.07, 6.45) is 3.15. The van der Waals surface area contributed by atoms with Crippen molar-refractivity contribution in [2.24, 2.45) is 5.73 Å². The zero-order valence-electron chi connectivity index (χ0n) is 11.6. The number of hydrogen-bond donors (Lipinski definition) is 2. The van der Waals surface area contributed by atoms with E-state index >= 15 is 0 Å². The average molecular weight is 296 g/mol. The van der Waals surface area contributed by atoms with Crippen LogP contribution in [0.5, 0.6) is 0 Å². The first-order valence-electron chi connectivity index (χ1n) is 6.76. The van der Waals surface area contributed by atoms with Gasteiger partial charge in [0.1, 0.15) is 0 Å². The van der Waals surface area contributed by atoms with Crippen molar-refractivity contribution in [2.75, 3.05) is 11.1 Å². The molecule has 110 valence electrons. The summed E-state index contributed by atoms with van der Waals surface area (Å²) in [7, 11) is -3.20. The summed E-state index contributed by atoms with van der Waals surface area (Å²) < 4.78 is 23.3. The number of amides is 1. The Labute approximate surface area is 119 Å². The molecular formula is C14H20N2O3S. The lowest BCUT2D eigenvalue weighted by atomic mass is 9.75. The van der Waals surface area contributed by atoms with Gasteiger partial charge < -0.3 is 11.1 Å². The van der Waals surface area contributed by atoms with E-state index in [1.54, 1.807) is 19.1 Å². The standard InChI is InChI=1S/C14H20N2O3S/c1-2-20(18,19)12-6-4-11(5-7-12)16-13(17)10-14(15)8-3-9-14/h4-7H,2-3,8-10,15H2,1H3,(H,16,17). The Morgan fingerprint density at radius 1 is 1.30 bits per heavy atom. The van der Waals surface area contributed by atoms with Gasteiger partial charge >= 0.3 is 0 Å². The fourth-order valence-corrected chi connectivity index (χ4v) is 3.13. The Morgan fingerprint density at radius 3 is 2.35 bits per heavy atom. The van der Waals surface area contributed by atoms with Crippen LogP contribution in [0.25, 0.3) is 0 Å². The largest absolute Gasteiger partial charge is 0.326 e. The third-order valence-electron chi connectivity index (χ3n) is 3.74. The highest BCUT2D eigenvalue weighted by Gasteiger charge is 2.34. The third kappa shape index (κ3) is 3.37. The van der Waals surface area contributed by atoms with E-state index in [4.69, 9.17) is 5.73 Å². The van der Waals surface area contributed by atoms with Gasteiger partial charge in [-0.05, 0) is 43.5 Å². The lowest BCUT2D eigenvalue weighted by Crippen LogP contribution is -2.48. The minimum absolute atomic E-state index is 0.0639. The molecule has 1 aromatic rings. The number of rotatable bonds is 5. The molecule has 6 heteroatoms. The molecule has 1 aliphatic rings. The second-order valence-electron chi connectivity index (χ2n) is 5.37. The molecule has 0 atom stereocenters. The predicted octanol–water partition coefficient (Wildman–Crippen LogP) is 1.69. The van der Waals surface area contributed by atoms with E-state index in [9.17, 15) is 13.2 Å². The first-order chi connectivity index (χ1) is 9.35. The van der Waals surface area contributed by atoms with Crippen LogP contribution in [0.2, 0.25) is 0 Å². The van der Waals surface area contributed by atoms with Crippen LogP contribution in [-0.4, -0.2) is 25.6 Å². The Morgan fingerprint density at radius 2 is 1.90 bits per heavy atom. The normalized spacial score (nSPS) is 17.3. The van der Waals surface area contributed by atoms with Crippen molar-refractivity contribution in [1.29, 1.82) is 0 Å². The fraction of sp³-hybridized carbons (Fsp3) is 0.500. The van der Waals surface area contributed by atoms with Crippen molar-refractivity contribution in [3.63, 3.8) is 0 Å². The summed E-state index contributed by atoms with van der Waals surface area (Å²) in [4.78, 5) is 12.1. The monoisotopic (exact) mass is 296 g/mol. The van der Waals surface area contributed by atoms with Gasteiger partial charge in [-0.15, -0.1) is 0 Å². The van der Waals surface area contributed by atoms with Crippen LogP contribution in [0, 0.1) is 0 Å². The van der Waals surface area contributed by atoms with Gasteiger partial charge in [0.25, 0.3) is 0 Å². The zero-order valence-corrected chi connectivity index (χ0v) is 12.4. The van der Waals surface area contributed by atoms with Gasteiger partial charge in [0.15, 0.2) is 9.84 Å². The maximum absolute atomic E-state index is 11.8. The molecule has 20 heavy (non-hydrogen) atoms. The molecule has 0 saturated heterocycles. The number of anilines is 1. The second-order valence-corrected chi connectivity index (χ2v) is 7.65. The number of nitrogens with two attached hydrogens (primary N) is 1. The fourth-order valence-electron chi connectivity index (χ4n) is 2.24. The number of nitrogens with one attached hydrogen (secondary N) is 1. The molecule has 0 aromatic heterocycles. The van der Waals surface area contributed by atoms with E-state index in [1.807, 2.05) is 0 Å². The van der Waals surface area contributed by atoms with E-state index in [-0.39, 0.29) is 22.1 Å².